The molecule has 110 valence electrons. The van der Waals surface area contributed by atoms with Crippen LogP contribution in [-0.4, -0.2) is 23.7 Å². The Balaban J connectivity index is 1.67. The van der Waals surface area contributed by atoms with Crippen LogP contribution in [0.15, 0.2) is 24.3 Å². The van der Waals surface area contributed by atoms with E-state index >= 15 is 0 Å². The molecule has 0 aliphatic heterocycles. The Morgan fingerprint density at radius 1 is 1.40 bits per heavy atom. The highest BCUT2D eigenvalue weighted by atomic mass is 35.5. The summed E-state index contributed by atoms with van der Waals surface area (Å²) in [6.07, 6.45) is 5.27. The van der Waals surface area contributed by atoms with Gasteiger partial charge in [-0.1, -0.05) is 36.6 Å². The average molecular weight is 296 g/mol. The van der Waals surface area contributed by atoms with Gasteiger partial charge in [-0.25, -0.2) is 0 Å². The molecule has 1 aromatic carbocycles. The summed E-state index contributed by atoms with van der Waals surface area (Å²) in [4.78, 5) is 11.8. The summed E-state index contributed by atoms with van der Waals surface area (Å²) in [7, 11) is 0. The van der Waals surface area contributed by atoms with Gasteiger partial charge in [0.15, 0.2) is 0 Å². The number of aryl methyl sites for hydroxylation is 1. The van der Waals surface area contributed by atoms with Gasteiger partial charge in [0.2, 0.25) is 5.91 Å². The van der Waals surface area contributed by atoms with E-state index in [0.29, 0.717) is 30.3 Å². The summed E-state index contributed by atoms with van der Waals surface area (Å²) in [6.45, 7) is 0.374. The van der Waals surface area contributed by atoms with E-state index in [-0.39, 0.29) is 5.91 Å². The molecule has 1 atom stereocenters. The number of benzene rings is 1. The molecule has 1 aliphatic carbocycles. The minimum Gasteiger partial charge on any atom is -0.391 e. The summed E-state index contributed by atoms with van der Waals surface area (Å²) in [5, 5.41) is 13.5. The summed E-state index contributed by atoms with van der Waals surface area (Å²) >= 11 is 5.90. The Bertz CT molecular complexity index is 444. The van der Waals surface area contributed by atoms with Crippen molar-refractivity contribution in [3.05, 3.63) is 34.9 Å². The molecule has 0 bridgehead atoms. The molecule has 1 unspecified atom stereocenters. The van der Waals surface area contributed by atoms with E-state index in [1.54, 1.807) is 0 Å². The maximum Gasteiger partial charge on any atom is 0.220 e. The van der Waals surface area contributed by atoms with Crippen molar-refractivity contribution >= 4 is 17.5 Å². The minimum atomic E-state index is -0.396. The van der Waals surface area contributed by atoms with Crippen LogP contribution in [0.3, 0.4) is 0 Å². The van der Waals surface area contributed by atoms with Crippen LogP contribution < -0.4 is 5.32 Å². The van der Waals surface area contributed by atoms with Gasteiger partial charge in [-0.3, -0.25) is 4.79 Å². The average Bonchev–Trinajstić information content (AvgIpc) is 2.97. The Kier molecular flexibility index (Phi) is 5.86. The van der Waals surface area contributed by atoms with Crippen LogP contribution in [0.2, 0.25) is 5.02 Å². The number of nitrogens with one attached hydrogen (secondary N) is 1. The molecule has 1 amide bonds. The highest BCUT2D eigenvalue weighted by molar-refractivity contribution is 6.30. The number of hydrogen-bond acceptors (Lipinski definition) is 2. The number of amides is 1. The van der Waals surface area contributed by atoms with Gasteiger partial charge in [-0.2, -0.15) is 0 Å². The second-order valence-electron chi connectivity index (χ2n) is 5.55. The van der Waals surface area contributed by atoms with E-state index in [9.17, 15) is 9.90 Å². The van der Waals surface area contributed by atoms with Crippen molar-refractivity contribution in [1.82, 2.24) is 5.32 Å². The van der Waals surface area contributed by atoms with Crippen LogP contribution in [0, 0.1) is 5.92 Å². The summed E-state index contributed by atoms with van der Waals surface area (Å²) in [5.74, 6) is 0.352. The lowest BCUT2D eigenvalue weighted by Gasteiger charge is -2.18. The van der Waals surface area contributed by atoms with Gasteiger partial charge in [-0.15, -0.1) is 0 Å². The molecule has 1 aliphatic rings. The molecule has 3 nitrogen and oxygen atoms in total. The Hall–Kier alpha value is -1.06. The summed E-state index contributed by atoms with van der Waals surface area (Å²) in [5.41, 5.74) is 1.06. The number of hydrogen-bond donors (Lipinski definition) is 2. The zero-order valence-corrected chi connectivity index (χ0v) is 12.4. The van der Waals surface area contributed by atoms with Gasteiger partial charge in [-0.05, 0) is 42.9 Å². The molecule has 2 N–H and O–H groups in total. The standard InChI is InChI=1S/C16H22ClNO2/c17-14-7-3-4-12(10-14)8-9-16(20)18-11-15(19)13-5-1-2-6-13/h3-4,7,10,13,15,19H,1-2,5-6,8-9,11H2,(H,18,20). The van der Waals surface area contributed by atoms with Gasteiger partial charge in [0.05, 0.1) is 6.10 Å². The maximum absolute atomic E-state index is 11.8. The molecule has 0 spiro atoms. The Morgan fingerprint density at radius 3 is 2.85 bits per heavy atom. The first-order chi connectivity index (χ1) is 9.65. The molecule has 0 radical (unpaired) electrons. The summed E-state index contributed by atoms with van der Waals surface area (Å²) < 4.78 is 0. The zero-order chi connectivity index (χ0) is 14.4. The van der Waals surface area contributed by atoms with Crippen LogP contribution in [-0.2, 0) is 11.2 Å². The smallest absolute Gasteiger partial charge is 0.220 e. The van der Waals surface area contributed by atoms with Crippen LogP contribution in [0.25, 0.3) is 0 Å². The van der Waals surface area contributed by atoms with Crippen molar-refractivity contribution in [2.75, 3.05) is 6.54 Å². The highest BCUT2D eigenvalue weighted by Gasteiger charge is 2.23. The zero-order valence-electron chi connectivity index (χ0n) is 11.6. The number of halogens is 1. The van der Waals surface area contributed by atoms with E-state index in [1.165, 1.54) is 12.8 Å². The predicted molar refractivity (Wildman–Crippen MR) is 80.7 cm³/mol. The SMILES string of the molecule is O=C(CCc1cccc(Cl)c1)NCC(O)C1CCCC1. The van der Waals surface area contributed by atoms with Crippen molar-refractivity contribution in [3.8, 4) is 0 Å². The van der Waals surface area contributed by atoms with Crippen molar-refractivity contribution in [1.29, 1.82) is 0 Å². The second-order valence-corrected chi connectivity index (χ2v) is 5.98. The quantitative estimate of drug-likeness (QED) is 0.848. The number of carbonyl (C=O) groups excluding carboxylic acids is 1. The lowest BCUT2D eigenvalue weighted by Crippen LogP contribution is -2.35. The Labute approximate surface area is 125 Å². The normalized spacial score (nSPS) is 17.1. The second kappa shape index (κ2) is 7.65. The monoisotopic (exact) mass is 295 g/mol. The molecule has 0 saturated heterocycles. The van der Waals surface area contributed by atoms with E-state index < -0.39 is 6.10 Å². The van der Waals surface area contributed by atoms with Gasteiger partial charge >= 0.3 is 0 Å². The number of aliphatic hydroxyl groups is 1. The number of carbonyl (C=O) groups is 1. The van der Waals surface area contributed by atoms with Gasteiger partial charge in [0.1, 0.15) is 0 Å². The third-order valence-electron chi connectivity index (χ3n) is 3.98. The summed E-state index contributed by atoms with van der Waals surface area (Å²) in [6, 6.07) is 7.55. The maximum atomic E-state index is 11.8. The van der Waals surface area contributed by atoms with Gasteiger partial charge in [0, 0.05) is 18.0 Å². The fourth-order valence-electron chi connectivity index (χ4n) is 2.77. The van der Waals surface area contributed by atoms with Crippen LogP contribution in [0.4, 0.5) is 0 Å². The molecule has 2 rings (SSSR count). The topological polar surface area (TPSA) is 49.3 Å². The molecule has 1 fully saturated rings. The highest BCUT2D eigenvalue weighted by Crippen LogP contribution is 2.27. The largest absolute Gasteiger partial charge is 0.391 e. The number of rotatable bonds is 6. The lowest BCUT2D eigenvalue weighted by atomic mass is 10.0. The molecule has 4 heteroatoms. The lowest BCUT2D eigenvalue weighted by molar-refractivity contribution is -0.121. The third kappa shape index (κ3) is 4.80. The molecule has 20 heavy (non-hydrogen) atoms. The molecular weight excluding hydrogens is 274 g/mol. The first-order valence-corrected chi connectivity index (χ1v) is 7.72. The van der Waals surface area contributed by atoms with E-state index in [4.69, 9.17) is 11.6 Å². The van der Waals surface area contributed by atoms with E-state index in [2.05, 4.69) is 5.32 Å². The number of aliphatic hydroxyl groups excluding tert-OH is 1. The van der Waals surface area contributed by atoms with Crippen molar-refractivity contribution in [2.24, 2.45) is 5.92 Å². The molecular formula is C16H22ClNO2. The van der Waals surface area contributed by atoms with Gasteiger partial charge < -0.3 is 10.4 Å². The molecule has 0 aromatic heterocycles. The fourth-order valence-corrected chi connectivity index (χ4v) is 2.98. The van der Waals surface area contributed by atoms with E-state index in [0.717, 1.165) is 18.4 Å². The third-order valence-corrected chi connectivity index (χ3v) is 4.22. The van der Waals surface area contributed by atoms with Crippen molar-refractivity contribution < 1.29 is 9.90 Å². The van der Waals surface area contributed by atoms with E-state index in [1.807, 2.05) is 24.3 Å². The molecule has 1 saturated carbocycles. The first-order valence-electron chi connectivity index (χ1n) is 7.34. The van der Waals surface area contributed by atoms with Crippen molar-refractivity contribution in [3.63, 3.8) is 0 Å². The Morgan fingerprint density at radius 2 is 2.15 bits per heavy atom. The predicted octanol–water partition coefficient (Wildman–Crippen LogP) is 2.94. The first kappa shape index (κ1) is 15.3. The van der Waals surface area contributed by atoms with Crippen molar-refractivity contribution in [2.45, 2.75) is 44.6 Å². The van der Waals surface area contributed by atoms with Crippen LogP contribution >= 0.6 is 11.6 Å². The van der Waals surface area contributed by atoms with Crippen LogP contribution in [0.5, 0.6) is 0 Å². The minimum absolute atomic E-state index is 0.0120. The molecule has 1 aromatic rings. The van der Waals surface area contributed by atoms with Crippen LogP contribution in [0.1, 0.15) is 37.7 Å². The fraction of sp³-hybridized carbons (Fsp3) is 0.562. The van der Waals surface area contributed by atoms with Gasteiger partial charge in [0.25, 0.3) is 0 Å². The molecule has 0 heterocycles.